The number of nitrogens with two attached hydrogens (primary N) is 1. The number of hydrogen-bond acceptors (Lipinski definition) is 11. The minimum Gasteiger partial charge on any atom is -0.494 e. The van der Waals surface area contributed by atoms with E-state index in [1.807, 2.05) is 30.6 Å². The smallest absolute Gasteiger partial charge is 0.276 e. The monoisotopic (exact) mass is 691 g/mol. The average Bonchev–Trinajstić information content (AvgIpc) is 3.77. The molecule has 5 aromatic rings. The molecule has 0 radical (unpaired) electrons. The topological polar surface area (TPSA) is 203 Å². The lowest BCUT2D eigenvalue weighted by Crippen LogP contribution is -2.20. The number of imidazole rings is 2. The van der Waals surface area contributed by atoms with Crippen LogP contribution in [0.1, 0.15) is 50.2 Å². The van der Waals surface area contributed by atoms with Gasteiger partial charge in [-0.1, -0.05) is 12.2 Å². The lowest BCUT2D eigenvalue weighted by molar-refractivity contribution is 0.0995. The number of aldehydes is 1. The third-order valence-electron chi connectivity index (χ3n) is 7.62. The molecule has 17 heteroatoms. The zero-order chi connectivity index (χ0) is 35.1. The van der Waals surface area contributed by atoms with Crippen LogP contribution in [-0.2, 0) is 24.2 Å². The van der Waals surface area contributed by atoms with E-state index in [4.69, 9.17) is 29.6 Å². The highest BCUT2D eigenvalue weighted by atomic mass is 31.1. The van der Waals surface area contributed by atoms with Crippen LogP contribution in [0.15, 0.2) is 42.5 Å². The number of aryl methyl sites for hydroxylation is 2. The Morgan fingerprint density at radius 1 is 1.00 bits per heavy atom. The van der Waals surface area contributed by atoms with Crippen LogP contribution in [0.2, 0.25) is 0 Å². The molecule has 49 heavy (non-hydrogen) atoms. The van der Waals surface area contributed by atoms with Gasteiger partial charge in [0.25, 0.3) is 5.91 Å². The fourth-order valence-corrected chi connectivity index (χ4v) is 5.69. The fraction of sp³-hybridized carbons (Fsp3) is 0.312. The van der Waals surface area contributed by atoms with Gasteiger partial charge in [-0.25, -0.2) is 9.97 Å². The average molecular weight is 692 g/mol. The van der Waals surface area contributed by atoms with Crippen molar-refractivity contribution in [3.63, 3.8) is 0 Å². The molecule has 2 aromatic carbocycles. The predicted molar refractivity (Wildman–Crippen MR) is 186 cm³/mol. The van der Waals surface area contributed by atoms with Crippen molar-refractivity contribution < 1.29 is 33.3 Å². The first kappa shape index (κ1) is 35.0. The van der Waals surface area contributed by atoms with Crippen molar-refractivity contribution >= 4 is 61.1 Å². The molecule has 5 N–H and O–H groups in total. The van der Waals surface area contributed by atoms with Gasteiger partial charge in [0.15, 0.2) is 9.03 Å². The standard InChI is InChI=1S/C32H38N9O7P/c1-5-41-24(13-19(2)38-41)30(44)37-32-36-22-14-20(18-42)15-26(47-11-8-12-48-49-45)28(22)40(32)10-7-6-9-39-27-23(35-31(39)34-3)16-21(29(33)43)17-25(27)46-4/h6-7,13-18,45,49H,5,8-12H2,1-4H3,(H2,33,43)(H,34,35)(H,36,37,44)/b7-6+. The van der Waals surface area contributed by atoms with Crippen LogP contribution in [0.3, 0.4) is 0 Å². The van der Waals surface area contributed by atoms with Crippen molar-refractivity contribution in [2.45, 2.75) is 39.9 Å². The summed E-state index contributed by atoms with van der Waals surface area (Å²) in [7, 11) is 2.63. The number of nitrogens with one attached hydrogen (secondary N) is 2. The number of primary amides is 1. The van der Waals surface area contributed by atoms with Gasteiger partial charge < -0.3 is 39.1 Å². The van der Waals surface area contributed by atoms with Crippen LogP contribution in [0.25, 0.3) is 22.1 Å². The van der Waals surface area contributed by atoms with Crippen molar-refractivity contribution in [1.82, 2.24) is 28.9 Å². The lowest BCUT2D eigenvalue weighted by atomic mass is 10.1. The van der Waals surface area contributed by atoms with E-state index >= 15 is 0 Å². The van der Waals surface area contributed by atoms with E-state index in [0.717, 1.165) is 0 Å². The number of carbonyl (C=O) groups excluding carboxylic acids is 3. The Morgan fingerprint density at radius 2 is 1.69 bits per heavy atom. The number of nitrogens with zero attached hydrogens (tertiary/aromatic N) is 6. The van der Waals surface area contributed by atoms with Crippen LogP contribution >= 0.6 is 9.03 Å². The molecule has 0 aliphatic heterocycles. The van der Waals surface area contributed by atoms with Crippen molar-refractivity contribution in [3.05, 3.63) is 65.0 Å². The number of hydrogen-bond donors (Lipinski definition) is 4. The van der Waals surface area contributed by atoms with Gasteiger partial charge in [-0.3, -0.25) is 24.4 Å². The molecular weight excluding hydrogens is 653 g/mol. The molecule has 0 aliphatic carbocycles. The lowest BCUT2D eigenvalue weighted by Gasteiger charge is -2.13. The number of benzene rings is 2. The van der Waals surface area contributed by atoms with Crippen LogP contribution in [0.4, 0.5) is 11.9 Å². The van der Waals surface area contributed by atoms with Gasteiger partial charge in [-0.2, -0.15) is 5.10 Å². The summed E-state index contributed by atoms with van der Waals surface area (Å²) in [4.78, 5) is 55.5. The van der Waals surface area contributed by atoms with Gasteiger partial charge in [-0.05, 0) is 44.2 Å². The molecule has 5 rings (SSSR count). The third-order valence-corrected chi connectivity index (χ3v) is 7.95. The third kappa shape index (κ3) is 7.56. The summed E-state index contributed by atoms with van der Waals surface area (Å²) in [5.74, 6) is 0.648. The van der Waals surface area contributed by atoms with Crippen LogP contribution in [-0.4, -0.2) is 79.2 Å². The van der Waals surface area contributed by atoms with E-state index in [1.54, 1.807) is 46.6 Å². The molecule has 3 heterocycles. The van der Waals surface area contributed by atoms with Crippen LogP contribution in [0.5, 0.6) is 11.5 Å². The molecule has 0 bridgehead atoms. The minimum absolute atomic E-state index is 0.244. The minimum atomic E-state index is -0.619. The van der Waals surface area contributed by atoms with Crippen molar-refractivity contribution in [2.24, 2.45) is 5.73 Å². The maximum atomic E-state index is 13.5. The molecule has 0 fully saturated rings. The molecular formula is C32H38N9O7P. The SMILES string of the molecule is CCn1nc(C)cc1C(=O)Nc1nc2cc(C=O)cc(OCCCOPO)c2n1C/C=C/Cn1c(NC)nc2cc(C(N)=O)cc(OC)c21. The largest absolute Gasteiger partial charge is 0.494 e. The molecule has 0 spiro atoms. The van der Waals surface area contributed by atoms with Gasteiger partial charge in [0.2, 0.25) is 17.8 Å². The molecule has 0 saturated carbocycles. The number of ether oxygens (including phenoxy) is 2. The molecule has 0 aliphatic rings. The second-order valence-electron chi connectivity index (χ2n) is 10.8. The maximum absolute atomic E-state index is 13.5. The summed E-state index contributed by atoms with van der Waals surface area (Å²) in [6, 6.07) is 8.15. The normalized spacial score (nSPS) is 11.7. The summed E-state index contributed by atoms with van der Waals surface area (Å²) in [6.07, 6.45) is 5.02. The van der Waals surface area contributed by atoms with Gasteiger partial charge in [0.05, 0.1) is 37.1 Å². The fourth-order valence-electron chi connectivity index (χ4n) is 5.45. The predicted octanol–water partition coefficient (Wildman–Crippen LogP) is 3.67. The first-order chi connectivity index (χ1) is 23.7. The van der Waals surface area contributed by atoms with E-state index in [2.05, 4.69) is 20.7 Å². The first-order valence-corrected chi connectivity index (χ1v) is 16.3. The second kappa shape index (κ2) is 15.7. The highest BCUT2D eigenvalue weighted by molar-refractivity contribution is 7.24. The van der Waals surface area contributed by atoms with E-state index in [1.165, 1.54) is 7.11 Å². The van der Waals surface area contributed by atoms with Gasteiger partial charge in [0, 0.05) is 44.2 Å². The number of methoxy groups -OCH3 is 1. The Labute approximate surface area is 283 Å². The van der Waals surface area contributed by atoms with E-state index in [0.29, 0.717) is 88.9 Å². The molecule has 258 valence electrons. The van der Waals surface area contributed by atoms with E-state index < -0.39 is 20.8 Å². The summed E-state index contributed by atoms with van der Waals surface area (Å²) in [5, 5.41) is 10.4. The number of allylic oxidation sites excluding steroid dienone is 2. The maximum Gasteiger partial charge on any atom is 0.276 e. The number of carbonyl (C=O) groups is 3. The van der Waals surface area contributed by atoms with Crippen molar-refractivity contribution in [1.29, 1.82) is 0 Å². The number of rotatable bonds is 17. The summed E-state index contributed by atoms with van der Waals surface area (Å²) >= 11 is 0. The highest BCUT2D eigenvalue weighted by Gasteiger charge is 2.21. The number of anilines is 2. The Morgan fingerprint density at radius 3 is 2.35 bits per heavy atom. The zero-order valence-corrected chi connectivity index (χ0v) is 28.5. The Balaban J connectivity index is 1.52. The van der Waals surface area contributed by atoms with Crippen molar-refractivity contribution in [2.75, 3.05) is 38.0 Å². The van der Waals surface area contributed by atoms with Crippen LogP contribution < -0.4 is 25.8 Å². The Hall–Kier alpha value is -5.31. The number of fused-ring (bicyclic) bond motifs is 2. The van der Waals surface area contributed by atoms with Crippen molar-refractivity contribution in [3.8, 4) is 11.5 Å². The highest BCUT2D eigenvalue weighted by Crippen LogP contribution is 2.32. The number of amides is 2. The Kier molecular flexibility index (Phi) is 11.2. The summed E-state index contributed by atoms with van der Waals surface area (Å²) < 4.78 is 22.0. The zero-order valence-electron chi connectivity index (χ0n) is 27.5. The Bertz CT molecular complexity index is 2030. The molecule has 2 amide bonds. The van der Waals surface area contributed by atoms with Gasteiger partial charge in [-0.15, -0.1) is 0 Å². The van der Waals surface area contributed by atoms with E-state index in [-0.39, 0.29) is 24.7 Å². The molecule has 1 atom stereocenters. The van der Waals surface area contributed by atoms with Crippen LogP contribution in [0, 0.1) is 6.92 Å². The van der Waals surface area contributed by atoms with E-state index in [9.17, 15) is 14.4 Å². The molecule has 0 saturated heterocycles. The molecule has 1 unspecified atom stereocenters. The first-order valence-electron chi connectivity index (χ1n) is 15.4. The summed E-state index contributed by atoms with van der Waals surface area (Å²) in [6.45, 7) is 5.39. The summed E-state index contributed by atoms with van der Waals surface area (Å²) in [5.41, 5.74) is 9.47. The molecule has 16 nitrogen and oxygen atoms in total. The quantitative estimate of drug-likeness (QED) is 0.0480. The molecule has 3 aromatic heterocycles. The number of aromatic nitrogens is 6. The van der Waals surface area contributed by atoms with Gasteiger partial charge in [0.1, 0.15) is 34.5 Å². The second-order valence-corrected chi connectivity index (χ2v) is 11.3. The van der Waals surface area contributed by atoms with Gasteiger partial charge >= 0.3 is 0 Å².